The lowest BCUT2D eigenvalue weighted by Gasteiger charge is -2.46. The molecule has 0 aromatic heterocycles. The van der Waals surface area contributed by atoms with Gasteiger partial charge in [-0.1, -0.05) is 18.2 Å². The second-order valence-corrected chi connectivity index (χ2v) is 7.39. The molecule has 2 aromatic rings. The van der Waals surface area contributed by atoms with E-state index in [1.807, 2.05) is 23.1 Å². The van der Waals surface area contributed by atoms with Gasteiger partial charge in [-0.15, -0.1) is 0 Å². The average Bonchev–Trinajstić information content (AvgIpc) is 2.72. The Morgan fingerprint density at radius 2 is 1.54 bits per heavy atom. The SMILES string of the molecule is COc1ccc(C(=O)CCC(=O)N2CC(C)N(c3ccccc3)C(C)C2)cc1. The molecule has 2 atom stereocenters. The van der Waals surface area contributed by atoms with Crippen molar-refractivity contribution in [2.75, 3.05) is 25.1 Å². The molecule has 1 aliphatic heterocycles. The predicted molar refractivity (Wildman–Crippen MR) is 111 cm³/mol. The molecule has 0 saturated carbocycles. The topological polar surface area (TPSA) is 49.9 Å². The molecule has 1 saturated heterocycles. The number of rotatable bonds is 6. The zero-order chi connectivity index (χ0) is 20.1. The van der Waals surface area contributed by atoms with Crippen molar-refractivity contribution in [2.45, 2.75) is 38.8 Å². The summed E-state index contributed by atoms with van der Waals surface area (Å²) in [5.74, 6) is 0.750. The van der Waals surface area contributed by atoms with E-state index < -0.39 is 0 Å². The number of ketones is 1. The van der Waals surface area contributed by atoms with Gasteiger partial charge in [-0.2, -0.15) is 0 Å². The minimum Gasteiger partial charge on any atom is -0.497 e. The summed E-state index contributed by atoms with van der Waals surface area (Å²) in [4.78, 5) is 29.3. The van der Waals surface area contributed by atoms with Gasteiger partial charge in [0.2, 0.25) is 5.91 Å². The molecule has 0 aliphatic carbocycles. The maximum absolute atomic E-state index is 12.7. The van der Waals surface area contributed by atoms with E-state index in [0.29, 0.717) is 24.4 Å². The minimum absolute atomic E-state index is 0.0139. The fourth-order valence-corrected chi connectivity index (χ4v) is 3.94. The van der Waals surface area contributed by atoms with E-state index >= 15 is 0 Å². The van der Waals surface area contributed by atoms with Crippen molar-refractivity contribution < 1.29 is 14.3 Å². The van der Waals surface area contributed by atoms with Crippen LogP contribution in [0.15, 0.2) is 54.6 Å². The Labute approximate surface area is 166 Å². The van der Waals surface area contributed by atoms with Crippen molar-refractivity contribution in [3.05, 3.63) is 60.2 Å². The highest BCUT2D eigenvalue weighted by molar-refractivity contribution is 5.98. The van der Waals surface area contributed by atoms with Crippen molar-refractivity contribution in [3.63, 3.8) is 0 Å². The number of carbonyl (C=O) groups is 2. The quantitative estimate of drug-likeness (QED) is 0.716. The van der Waals surface area contributed by atoms with Gasteiger partial charge in [-0.3, -0.25) is 9.59 Å². The first-order valence-corrected chi connectivity index (χ1v) is 9.78. The van der Waals surface area contributed by atoms with Crippen molar-refractivity contribution in [1.29, 1.82) is 0 Å². The number of hydrogen-bond donors (Lipinski definition) is 0. The maximum Gasteiger partial charge on any atom is 0.223 e. The molecule has 2 aromatic carbocycles. The molecule has 148 valence electrons. The standard InChI is InChI=1S/C23H28N2O3/c1-17-15-24(16-18(2)25(17)20-7-5-4-6-8-20)23(27)14-13-22(26)19-9-11-21(28-3)12-10-19/h4-12,17-18H,13-16H2,1-3H3. The van der Waals surface area contributed by atoms with Crippen molar-refractivity contribution in [2.24, 2.45) is 0 Å². The molecule has 1 fully saturated rings. The highest BCUT2D eigenvalue weighted by Crippen LogP contribution is 2.25. The number of amides is 1. The van der Waals surface area contributed by atoms with Crippen molar-refractivity contribution in [1.82, 2.24) is 4.90 Å². The molecule has 5 nitrogen and oxygen atoms in total. The molecule has 2 unspecified atom stereocenters. The van der Waals surface area contributed by atoms with Gasteiger partial charge in [-0.05, 0) is 50.2 Å². The van der Waals surface area contributed by atoms with Crippen LogP contribution in [0.2, 0.25) is 0 Å². The van der Waals surface area contributed by atoms with E-state index in [1.54, 1.807) is 31.4 Å². The van der Waals surface area contributed by atoms with E-state index in [-0.39, 0.29) is 36.6 Å². The summed E-state index contributed by atoms with van der Waals surface area (Å²) >= 11 is 0. The molecular weight excluding hydrogens is 352 g/mol. The highest BCUT2D eigenvalue weighted by Gasteiger charge is 2.31. The van der Waals surface area contributed by atoms with Crippen LogP contribution in [-0.2, 0) is 4.79 Å². The van der Waals surface area contributed by atoms with Gasteiger partial charge in [0.15, 0.2) is 5.78 Å². The van der Waals surface area contributed by atoms with E-state index in [4.69, 9.17) is 4.74 Å². The number of hydrogen-bond acceptors (Lipinski definition) is 4. The van der Waals surface area contributed by atoms with Crippen LogP contribution in [0.5, 0.6) is 5.75 Å². The average molecular weight is 380 g/mol. The van der Waals surface area contributed by atoms with Crippen LogP contribution in [-0.4, -0.2) is 48.9 Å². The van der Waals surface area contributed by atoms with Crippen LogP contribution in [0, 0.1) is 0 Å². The van der Waals surface area contributed by atoms with Gasteiger partial charge < -0.3 is 14.5 Å². The molecule has 0 N–H and O–H groups in total. The number of methoxy groups -OCH3 is 1. The molecule has 1 amide bonds. The lowest BCUT2D eigenvalue weighted by molar-refractivity contribution is -0.132. The summed E-state index contributed by atoms with van der Waals surface area (Å²) < 4.78 is 5.11. The van der Waals surface area contributed by atoms with Gasteiger partial charge in [-0.25, -0.2) is 0 Å². The number of piperazine rings is 1. The first-order valence-electron chi connectivity index (χ1n) is 9.78. The van der Waals surface area contributed by atoms with Gasteiger partial charge in [0.25, 0.3) is 0 Å². The van der Waals surface area contributed by atoms with Crippen molar-refractivity contribution in [3.8, 4) is 5.75 Å². The van der Waals surface area contributed by atoms with Crippen LogP contribution >= 0.6 is 0 Å². The van der Waals surface area contributed by atoms with E-state index in [1.165, 1.54) is 5.69 Å². The van der Waals surface area contributed by atoms with E-state index in [0.717, 1.165) is 0 Å². The van der Waals surface area contributed by atoms with Crippen LogP contribution < -0.4 is 9.64 Å². The summed E-state index contributed by atoms with van der Waals surface area (Å²) in [5.41, 5.74) is 1.80. The zero-order valence-electron chi connectivity index (χ0n) is 16.8. The normalized spacial score (nSPS) is 19.4. The number of benzene rings is 2. The van der Waals surface area contributed by atoms with Crippen LogP contribution in [0.3, 0.4) is 0 Å². The van der Waals surface area contributed by atoms with Gasteiger partial charge >= 0.3 is 0 Å². The van der Waals surface area contributed by atoms with E-state index in [2.05, 4.69) is 30.9 Å². The minimum atomic E-state index is -0.0139. The lowest BCUT2D eigenvalue weighted by atomic mass is 10.0. The molecule has 0 bridgehead atoms. The zero-order valence-corrected chi connectivity index (χ0v) is 16.8. The van der Waals surface area contributed by atoms with Gasteiger partial charge in [0.05, 0.1) is 7.11 Å². The Hall–Kier alpha value is -2.82. The smallest absolute Gasteiger partial charge is 0.223 e. The third kappa shape index (κ3) is 4.53. The second-order valence-electron chi connectivity index (χ2n) is 7.39. The summed E-state index contributed by atoms with van der Waals surface area (Å²) in [5, 5.41) is 0. The van der Waals surface area contributed by atoms with Crippen LogP contribution in [0.4, 0.5) is 5.69 Å². The Bertz CT molecular complexity index is 792. The Morgan fingerprint density at radius 3 is 2.11 bits per heavy atom. The Kier molecular flexibility index (Phi) is 6.34. The molecule has 0 spiro atoms. The van der Waals surface area contributed by atoms with Crippen LogP contribution in [0.1, 0.15) is 37.0 Å². The maximum atomic E-state index is 12.7. The number of anilines is 1. The fourth-order valence-electron chi connectivity index (χ4n) is 3.94. The number of carbonyl (C=O) groups excluding carboxylic acids is 2. The van der Waals surface area contributed by atoms with Gasteiger partial charge in [0, 0.05) is 49.3 Å². The highest BCUT2D eigenvalue weighted by atomic mass is 16.5. The van der Waals surface area contributed by atoms with Crippen LogP contribution in [0.25, 0.3) is 0 Å². The number of ether oxygens (including phenoxy) is 1. The summed E-state index contributed by atoms with van der Waals surface area (Å²) in [6.45, 7) is 5.64. The Morgan fingerprint density at radius 1 is 0.929 bits per heavy atom. The third-order valence-electron chi connectivity index (χ3n) is 5.30. The number of para-hydroxylation sites is 1. The monoisotopic (exact) mass is 380 g/mol. The Balaban J connectivity index is 1.55. The van der Waals surface area contributed by atoms with Crippen molar-refractivity contribution >= 4 is 17.4 Å². The molecule has 1 heterocycles. The third-order valence-corrected chi connectivity index (χ3v) is 5.30. The largest absolute Gasteiger partial charge is 0.497 e. The molecule has 5 heteroatoms. The number of nitrogens with zero attached hydrogens (tertiary/aromatic N) is 2. The molecule has 3 rings (SSSR count). The first-order chi connectivity index (χ1) is 13.5. The molecular formula is C23H28N2O3. The summed E-state index contributed by atoms with van der Waals surface area (Å²) in [6, 6.07) is 17.8. The number of Topliss-reactive ketones (excluding diaryl/α,β-unsaturated/α-hetero) is 1. The lowest BCUT2D eigenvalue weighted by Crippen LogP contribution is -2.58. The molecule has 28 heavy (non-hydrogen) atoms. The summed E-state index contributed by atoms with van der Waals surface area (Å²) in [6.07, 6.45) is 0.475. The second kappa shape index (κ2) is 8.91. The van der Waals surface area contributed by atoms with E-state index in [9.17, 15) is 9.59 Å². The molecule has 0 radical (unpaired) electrons. The fraction of sp³-hybridized carbons (Fsp3) is 0.391. The van der Waals surface area contributed by atoms with Gasteiger partial charge in [0.1, 0.15) is 5.75 Å². The predicted octanol–water partition coefficient (Wildman–Crippen LogP) is 3.78. The summed E-state index contributed by atoms with van der Waals surface area (Å²) in [7, 11) is 1.59. The molecule has 1 aliphatic rings. The first kappa shape index (κ1) is 19.9.